The van der Waals surface area contributed by atoms with Gasteiger partial charge in [-0.05, 0) is 78.7 Å². The Bertz CT molecular complexity index is 3510. The first kappa shape index (κ1) is 33.3. The lowest BCUT2D eigenvalue weighted by Gasteiger charge is -2.12. The minimum atomic E-state index is 0.702. The van der Waals surface area contributed by atoms with Crippen LogP contribution in [0.2, 0.25) is 0 Å². The van der Waals surface area contributed by atoms with Gasteiger partial charge in [0.1, 0.15) is 11.2 Å². The van der Waals surface area contributed by atoms with Crippen LogP contribution >= 0.6 is 0 Å². The molecule has 0 aliphatic rings. The molecule has 12 rings (SSSR count). The van der Waals surface area contributed by atoms with E-state index in [1.807, 2.05) is 24.3 Å². The maximum absolute atomic E-state index is 7.00. The largest absolute Gasteiger partial charge is 0.455 e. The number of furan rings is 1. The topological polar surface area (TPSA) is 38.9 Å². The van der Waals surface area contributed by atoms with Crippen molar-refractivity contribution in [1.29, 1.82) is 0 Å². The lowest BCUT2D eigenvalue weighted by molar-refractivity contribution is 0.674. The highest BCUT2D eigenvalue weighted by atomic mass is 16.3. The number of rotatable bonds is 5. The van der Waals surface area contributed by atoms with Crippen molar-refractivity contribution >= 4 is 65.0 Å². The van der Waals surface area contributed by atoms with Crippen LogP contribution in [0.3, 0.4) is 0 Å². The quantitative estimate of drug-likeness (QED) is 0.164. The molecule has 2 aromatic heterocycles. The molecule has 0 unspecified atom stereocenters. The van der Waals surface area contributed by atoms with E-state index < -0.39 is 0 Å². The number of hydrogen-bond acceptors (Lipinski definition) is 3. The van der Waals surface area contributed by atoms with Crippen molar-refractivity contribution in [3.8, 4) is 56.2 Å². The monoisotopic (exact) mass is 750 g/mol. The Morgan fingerprint density at radius 1 is 0.254 bits per heavy atom. The first-order valence-corrected chi connectivity index (χ1v) is 20.1. The molecule has 0 N–H and O–H groups in total. The van der Waals surface area contributed by atoms with Gasteiger partial charge in [0.05, 0.1) is 11.4 Å². The maximum atomic E-state index is 7.00. The van der Waals surface area contributed by atoms with Crippen molar-refractivity contribution in [3.63, 3.8) is 0 Å². The molecule has 0 atom stereocenters. The minimum Gasteiger partial charge on any atom is -0.455 e. The van der Waals surface area contributed by atoms with E-state index in [1.165, 1.54) is 32.3 Å². The van der Waals surface area contributed by atoms with E-state index in [1.54, 1.807) is 0 Å². The van der Waals surface area contributed by atoms with Crippen molar-refractivity contribution in [2.75, 3.05) is 0 Å². The van der Waals surface area contributed by atoms with Gasteiger partial charge >= 0.3 is 0 Å². The van der Waals surface area contributed by atoms with Crippen LogP contribution in [0.1, 0.15) is 0 Å². The van der Waals surface area contributed by atoms with Gasteiger partial charge in [0.2, 0.25) is 0 Å². The van der Waals surface area contributed by atoms with Crippen molar-refractivity contribution in [3.05, 3.63) is 206 Å². The predicted molar refractivity (Wildman–Crippen MR) is 247 cm³/mol. The van der Waals surface area contributed by atoms with Gasteiger partial charge in [0.25, 0.3) is 0 Å². The van der Waals surface area contributed by atoms with Gasteiger partial charge in [0.15, 0.2) is 5.82 Å². The second-order valence-corrected chi connectivity index (χ2v) is 15.3. The Morgan fingerprint density at radius 3 is 1.46 bits per heavy atom. The van der Waals surface area contributed by atoms with E-state index in [0.29, 0.717) is 5.82 Å². The van der Waals surface area contributed by atoms with Crippen molar-refractivity contribution in [2.45, 2.75) is 0 Å². The van der Waals surface area contributed by atoms with Crippen LogP contribution in [0.5, 0.6) is 0 Å². The summed E-state index contributed by atoms with van der Waals surface area (Å²) in [6.45, 7) is 0. The molecule has 274 valence electrons. The highest BCUT2D eigenvalue weighted by Gasteiger charge is 2.19. The SMILES string of the molecule is c1ccc(-c2cc(-c3cccc(-c4cc5c6cccc(-c7ccc8c9ccccc9c9ccccc9c8c7)c6oc5c5ccccc45)c3)nc(-c3ccccc3)n2)cc1. The molecule has 0 spiro atoms. The van der Waals surface area contributed by atoms with E-state index in [2.05, 4.69) is 182 Å². The third kappa shape index (κ3) is 5.44. The molecule has 0 aliphatic carbocycles. The number of aromatic nitrogens is 2. The Morgan fingerprint density at radius 2 is 0.746 bits per heavy atom. The molecule has 0 saturated carbocycles. The first-order chi connectivity index (χ1) is 29.2. The summed E-state index contributed by atoms with van der Waals surface area (Å²) in [6.07, 6.45) is 0. The fraction of sp³-hybridized carbons (Fsp3) is 0. The van der Waals surface area contributed by atoms with E-state index >= 15 is 0 Å². The molecule has 3 nitrogen and oxygen atoms in total. The molecule has 0 saturated heterocycles. The van der Waals surface area contributed by atoms with Gasteiger partial charge < -0.3 is 4.42 Å². The maximum Gasteiger partial charge on any atom is 0.160 e. The van der Waals surface area contributed by atoms with Crippen LogP contribution in [-0.2, 0) is 0 Å². The summed E-state index contributed by atoms with van der Waals surface area (Å²) >= 11 is 0. The zero-order valence-electron chi connectivity index (χ0n) is 31.9. The average molecular weight is 751 g/mol. The minimum absolute atomic E-state index is 0.702. The molecule has 12 aromatic rings. The average Bonchev–Trinajstić information content (AvgIpc) is 3.71. The molecule has 0 radical (unpaired) electrons. The number of para-hydroxylation sites is 1. The first-order valence-electron chi connectivity index (χ1n) is 20.1. The number of nitrogens with zero attached hydrogens (tertiary/aromatic N) is 2. The number of benzene rings is 10. The molecule has 0 fully saturated rings. The van der Waals surface area contributed by atoms with Crippen LogP contribution < -0.4 is 0 Å². The smallest absolute Gasteiger partial charge is 0.160 e. The second kappa shape index (κ2) is 13.4. The molecule has 59 heavy (non-hydrogen) atoms. The normalized spacial score (nSPS) is 11.7. The van der Waals surface area contributed by atoms with E-state index in [0.717, 1.165) is 83.0 Å². The van der Waals surface area contributed by atoms with Gasteiger partial charge in [-0.1, -0.05) is 182 Å². The molecule has 10 aromatic carbocycles. The molecule has 3 heteroatoms. The summed E-state index contributed by atoms with van der Waals surface area (Å²) in [7, 11) is 0. The van der Waals surface area contributed by atoms with Crippen LogP contribution in [-0.4, -0.2) is 9.97 Å². The summed E-state index contributed by atoms with van der Waals surface area (Å²) in [5.41, 5.74) is 11.1. The standard InChI is InChI=1S/C56H34N2O/c1-3-15-35(16-4-1)52-34-53(58-56(57-52)36-17-5-2-6-18-36)39-20-13-19-37(31-39)49-33-51-48-28-14-27-40(54(48)59-55(51)47-26-12-11-25-45(47)49)38-29-30-46-43-23-8-7-21-41(43)42-22-9-10-24-44(42)50(46)32-38/h1-34H. The fourth-order valence-corrected chi connectivity index (χ4v) is 9.08. The van der Waals surface area contributed by atoms with Gasteiger partial charge in [-0.3, -0.25) is 0 Å². The highest BCUT2D eigenvalue weighted by Crippen LogP contribution is 2.44. The predicted octanol–water partition coefficient (Wildman–Crippen LogP) is 15.3. The van der Waals surface area contributed by atoms with Gasteiger partial charge in [-0.25, -0.2) is 9.97 Å². The molecule has 0 aliphatic heterocycles. The van der Waals surface area contributed by atoms with Gasteiger partial charge in [0, 0.05) is 38.4 Å². The summed E-state index contributed by atoms with van der Waals surface area (Å²) in [6, 6.07) is 73.2. The zero-order valence-corrected chi connectivity index (χ0v) is 31.9. The van der Waals surface area contributed by atoms with Crippen LogP contribution in [0.4, 0.5) is 0 Å². The summed E-state index contributed by atoms with van der Waals surface area (Å²) < 4.78 is 7.00. The third-order valence-electron chi connectivity index (χ3n) is 11.9. The summed E-state index contributed by atoms with van der Waals surface area (Å²) in [5.74, 6) is 0.702. The molecule has 0 bridgehead atoms. The Kier molecular flexibility index (Phi) is 7.54. The Balaban J connectivity index is 1.03. The summed E-state index contributed by atoms with van der Waals surface area (Å²) in [4.78, 5) is 10.2. The third-order valence-corrected chi connectivity index (χ3v) is 11.9. The van der Waals surface area contributed by atoms with Crippen molar-refractivity contribution in [2.24, 2.45) is 0 Å². The number of hydrogen-bond donors (Lipinski definition) is 0. The van der Waals surface area contributed by atoms with Crippen molar-refractivity contribution in [1.82, 2.24) is 9.97 Å². The molecule has 0 amide bonds. The molecular formula is C56H34N2O. The molecule has 2 heterocycles. The van der Waals surface area contributed by atoms with Crippen LogP contribution in [0.25, 0.3) is 121 Å². The van der Waals surface area contributed by atoms with E-state index in [4.69, 9.17) is 14.4 Å². The second-order valence-electron chi connectivity index (χ2n) is 15.3. The lowest BCUT2D eigenvalue weighted by Crippen LogP contribution is -1.96. The van der Waals surface area contributed by atoms with E-state index in [-0.39, 0.29) is 0 Å². The van der Waals surface area contributed by atoms with Gasteiger partial charge in [-0.2, -0.15) is 0 Å². The number of fused-ring (bicyclic) bond motifs is 11. The summed E-state index contributed by atoms with van der Waals surface area (Å²) in [5, 5.41) is 12.0. The fourth-order valence-electron chi connectivity index (χ4n) is 9.08. The zero-order chi connectivity index (χ0) is 38.9. The Labute approximate surface area is 340 Å². The Hall–Kier alpha value is -7.88. The van der Waals surface area contributed by atoms with E-state index in [9.17, 15) is 0 Å². The molecular weight excluding hydrogens is 717 g/mol. The van der Waals surface area contributed by atoms with Crippen molar-refractivity contribution < 1.29 is 4.42 Å². The van der Waals surface area contributed by atoms with Gasteiger partial charge in [-0.15, -0.1) is 0 Å². The van der Waals surface area contributed by atoms with Crippen LogP contribution in [0.15, 0.2) is 211 Å². The highest BCUT2D eigenvalue weighted by molar-refractivity contribution is 6.26. The van der Waals surface area contributed by atoms with Crippen LogP contribution in [0, 0.1) is 0 Å². The lowest BCUT2D eigenvalue weighted by atomic mass is 9.91.